The second kappa shape index (κ2) is 8.15. The summed E-state index contributed by atoms with van der Waals surface area (Å²) in [5.41, 5.74) is 1.47. The predicted molar refractivity (Wildman–Crippen MR) is 87.6 cm³/mol. The molecule has 4 nitrogen and oxygen atoms in total. The Morgan fingerprint density at radius 2 is 1.96 bits per heavy atom. The number of benzene rings is 2. The Bertz CT molecular complexity index is 666. The molecule has 2 N–H and O–H groups in total. The Morgan fingerprint density at radius 1 is 1.17 bits per heavy atom. The van der Waals surface area contributed by atoms with Crippen molar-refractivity contribution in [3.8, 4) is 11.5 Å². The van der Waals surface area contributed by atoms with Gasteiger partial charge >= 0.3 is 0 Å². The Morgan fingerprint density at radius 3 is 2.61 bits per heavy atom. The number of methoxy groups -OCH3 is 2. The van der Waals surface area contributed by atoms with E-state index in [2.05, 4.69) is 5.32 Å². The average Bonchev–Trinajstić information content (AvgIpc) is 2.57. The van der Waals surface area contributed by atoms with E-state index >= 15 is 0 Å². The number of hydrogen-bond acceptors (Lipinski definition) is 4. The summed E-state index contributed by atoms with van der Waals surface area (Å²) in [6.45, 7) is 0.766. The number of rotatable bonds is 7. The van der Waals surface area contributed by atoms with Crippen molar-refractivity contribution in [2.75, 3.05) is 20.8 Å². The fourth-order valence-corrected chi connectivity index (χ4v) is 2.42. The van der Waals surface area contributed by atoms with E-state index in [4.69, 9.17) is 21.1 Å². The van der Waals surface area contributed by atoms with Gasteiger partial charge in [0.2, 0.25) is 0 Å². The highest BCUT2D eigenvalue weighted by atomic mass is 35.5. The van der Waals surface area contributed by atoms with Crippen molar-refractivity contribution in [3.05, 3.63) is 58.4 Å². The molecule has 0 aromatic heterocycles. The fraction of sp³-hybridized carbons (Fsp3) is 0.294. The first-order chi connectivity index (χ1) is 11.0. The topological polar surface area (TPSA) is 50.7 Å². The number of halogens is 2. The van der Waals surface area contributed by atoms with E-state index in [0.29, 0.717) is 30.2 Å². The molecule has 0 fully saturated rings. The third-order valence-corrected chi connectivity index (χ3v) is 3.74. The largest absolute Gasteiger partial charge is 0.497 e. The Hall–Kier alpha value is -1.82. The van der Waals surface area contributed by atoms with Gasteiger partial charge in [-0.15, -0.1) is 0 Å². The molecule has 0 heterocycles. The Kier molecular flexibility index (Phi) is 6.21. The molecule has 0 aliphatic rings. The molecule has 0 aliphatic heterocycles. The maximum absolute atomic E-state index is 13.1. The second-order valence-corrected chi connectivity index (χ2v) is 5.41. The molecule has 0 spiro atoms. The standard InChI is InChI=1S/C17H19ClFNO3/c1-22-12-4-6-17(23-2)13(8-12)16(21)10-20-9-11-3-5-15(19)14(18)7-11/h3-8,16,20-21H,9-10H2,1-2H3. The van der Waals surface area contributed by atoms with Crippen LogP contribution < -0.4 is 14.8 Å². The van der Waals surface area contributed by atoms with Crippen molar-refractivity contribution < 1.29 is 19.0 Å². The van der Waals surface area contributed by atoms with E-state index in [1.165, 1.54) is 6.07 Å². The van der Waals surface area contributed by atoms with Crippen molar-refractivity contribution in [2.24, 2.45) is 0 Å². The quantitative estimate of drug-likeness (QED) is 0.812. The molecule has 0 saturated carbocycles. The molecular weight excluding hydrogens is 321 g/mol. The Balaban J connectivity index is 1.99. The van der Waals surface area contributed by atoms with Crippen LogP contribution >= 0.6 is 11.6 Å². The summed E-state index contributed by atoms with van der Waals surface area (Å²) in [7, 11) is 3.11. The van der Waals surface area contributed by atoms with Crippen LogP contribution in [0.5, 0.6) is 11.5 Å². The van der Waals surface area contributed by atoms with Gasteiger partial charge in [-0.1, -0.05) is 17.7 Å². The van der Waals surface area contributed by atoms with E-state index in [0.717, 1.165) is 5.56 Å². The zero-order valence-electron chi connectivity index (χ0n) is 13.0. The van der Waals surface area contributed by atoms with Crippen LogP contribution in [0.2, 0.25) is 5.02 Å². The SMILES string of the molecule is COc1ccc(OC)c(C(O)CNCc2ccc(F)c(Cl)c2)c1. The first-order valence-electron chi connectivity index (χ1n) is 7.09. The summed E-state index contributed by atoms with van der Waals surface area (Å²) in [4.78, 5) is 0. The van der Waals surface area contributed by atoms with Gasteiger partial charge in [0.1, 0.15) is 17.3 Å². The number of aliphatic hydroxyl groups is 1. The van der Waals surface area contributed by atoms with E-state index in [1.807, 2.05) is 0 Å². The van der Waals surface area contributed by atoms with Gasteiger partial charge in [-0.25, -0.2) is 4.39 Å². The lowest BCUT2D eigenvalue weighted by molar-refractivity contribution is 0.169. The molecule has 6 heteroatoms. The molecule has 0 aliphatic carbocycles. The van der Waals surface area contributed by atoms with Gasteiger partial charge in [0.05, 0.1) is 25.3 Å². The summed E-state index contributed by atoms with van der Waals surface area (Å²) in [5, 5.41) is 13.5. The molecule has 1 unspecified atom stereocenters. The van der Waals surface area contributed by atoms with Crippen molar-refractivity contribution >= 4 is 11.6 Å². The molecule has 2 aromatic carbocycles. The van der Waals surface area contributed by atoms with Crippen molar-refractivity contribution in [3.63, 3.8) is 0 Å². The summed E-state index contributed by atoms with van der Waals surface area (Å²) < 4.78 is 23.5. The summed E-state index contributed by atoms with van der Waals surface area (Å²) in [5.74, 6) is 0.784. The predicted octanol–water partition coefficient (Wildman–Crippen LogP) is 3.32. The minimum absolute atomic E-state index is 0.0827. The average molecular weight is 340 g/mol. The molecule has 0 bridgehead atoms. The minimum atomic E-state index is -0.768. The van der Waals surface area contributed by atoms with Crippen LogP contribution in [-0.4, -0.2) is 25.9 Å². The van der Waals surface area contributed by atoms with Crippen LogP contribution in [0.15, 0.2) is 36.4 Å². The smallest absolute Gasteiger partial charge is 0.141 e. The van der Waals surface area contributed by atoms with E-state index in [-0.39, 0.29) is 5.02 Å². The van der Waals surface area contributed by atoms with E-state index in [1.54, 1.807) is 44.6 Å². The molecule has 1 atom stereocenters. The molecule has 2 rings (SSSR count). The summed E-state index contributed by atoms with van der Waals surface area (Å²) >= 11 is 5.74. The highest BCUT2D eigenvalue weighted by molar-refractivity contribution is 6.30. The lowest BCUT2D eigenvalue weighted by Crippen LogP contribution is -2.21. The van der Waals surface area contributed by atoms with E-state index < -0.39 is 11.9 Å². The van der Waals surface area contributed by atoms with Gasteiger partial charge in [0, 0.05) is 18.7 Å². The number of ether oxygens (including phenoxy) is 2. The monoisotopic (exact) mass is 339 g/mol. The van der Waals surface area contributed by atoms with Crippen molar-refractivity contribution in [1.82, 2.24) is 5.32 Å². The first-order valence-corrected chi connectivity index (χ1v) is 7.47. The van der Waals surface area contributed by atoms with Crippen molar-refractivity contribution in [1.29, 1.82) is 0 Å². The highest BCUT2D eigenvalue weighted by Gasteiger charge is 2.14. The summed E-state index contributed by atoms with van der Waals surface area (Å²) in [6.07, 6.45) is -0.768. The minimum Gasteiger partial charge on any atom is -0.497 e. The van der Waals surface area contributed by atoms with Crippen LogP contribution in [-0.2, 0) is 6.54 Å². The zero-order chi connectivity index (χ0) is 16.8. The molecule has 0 saturated heterocycles. The molecule has 23 heavy (non-hydrogen) atoms. The third-order valence-electron chi connectivity index (χ3n) is 3.45. The van der Waals surface area contributed by atoms with Crippen LogP contribution in [0, 0.1) is 5.82 Å². The lowest BCUT2D eigenvalue weighted by atomic mass is 10.1. The number of nitrogens with one attached hydrogen (secondary N) is 1. The molecular formula is C17H19ClFNO3. The summed E-state index contributed by atoms with van der Waals surface area (Å²) in [6, 6.07) is 9.77. The third kappa shape index (κ3) is 4.58. The second-order valence-electron chi connectivity index (χ2n) is 5.00. The van der Waals surface area contributed by atoms with Gasteiger partial charge < -0.3 is 19.9 Å². The molecule has 0 amide bonds. The van der Waals surface area contributed by atoms with Gasteiger partial charge in [-0.05, 0) is 35.9 Å². The van der Waals surface area contributed by atoms with Crippen LogP contribution in [0.4, 0.5) is 4.39 Å². The fourth-order valence-electron chi connectivity index (χ4n) is 2.21. The highest BCUT2D eigenvalue weighted by Crippen LogP contribution is 2.29. The van der Waals surface area contributed by atoms with Gasteiger partial charge in [-0.2, -0.15) is 0 Å². The van der Waals surface area contributed by atoms with Gasteiger partial charge in [0.25, 0.3) is 0 Å². The van der Waals surface area contributed by atoms with Crippen LogP contribution in [0.25, 0.3) is 0 Å². The van der Waals surface area contributed by atoms with Crippen LogP contribution in [0.1, 0.15) is 17.2 Å². The zero-order valence-corrected chi connectivity index (χ0v) is 13.7. The van der Waals surface area contributed by atoms with Crippen molar-refractivity contribution in [2.45, 2.75) is 12.6 Å². The number of hydrogen-bond donors (Lipinski definition) is 2. The molecule has 0 radical (unpaired) electrons. The first kappa shape index (κ1) is 17.5. The lowest BCUT2D eigenvalue weighted by Gasteiger charge is -2.16. The maximum Gasteiger partial charge on any atom is 0.141 e. The molecule has 124 valence electrons. The molecule has 2 aromatic rings. The van der Waals surface area contributed by atoms with Gasteiger partial charge in [0.15, 0.2) is 0 Å². The van der Waals surface area contributed by atoms with E-state index in [9.17, 15) is 9.50 Å². The van der Waals surface area contributed by atoms with Gasteiger partial charge in [-0.3, -0.25) is 0 Å². The number of aliphatic hydroxyl groups excluding tert-OH is 1. The Labute approximate surface area is 139 Å². The van der Waals surface area contributed by atoms with Crippen LogP contribution in [0.3, 0.4) is 0 Å². The normalized spacial score (nSPS) is 12.0. The maximum atomic E-state index is 13.1.